The maximum absolute atomic E-state index is 11.9. The third-order valence-electron chi connectivity index (χ3n) is 3.03. The topological polar surface area (TPSA) is 37.4 Å². The average Bonchev–Trinajstić information content (AvgIpc) is 2.50. The fraction of sp³-hybridized carbons (Fsp3) is 0.429. The molecule has 0 radical (unpaired) electrons. The Labute approximate surface area is 112 Å². The standard InChI is InChI=1S/C14H16ClNO2/c1-14(2,3)7-8-16-10-6-4-5-9(15)11(10)12(17)13(16)18/h4-6H,7-8H2,1-3H3. The van der Waals surface area contributed by atoms with Crippen LogP contribution in [-0.2, 0) is 4.79 Å². The van der Waals surface area contributed by atoms with Crippen LogP contribution in [0, 0.1) is 5.41 Å². The molecule has 1 aromatic rings. The lowest BCUT2D eigenvalue weighted by Crippen LogP contribution is -2.32. The maximum atomic E-state index is 11.9. The van der Waals surface area contributed by atoms with E-state index in [0.29, 0.717) is 22.8 Å². The quantitative estimate of drug-likeness (QED) is 0.770. The van der Waals surface area contributed by atoms with Gasteiger partial charge in [-0.2, -0.15) is 0 Å². The van der Waals surface area contributed by atoms with Gasteiger partial charge in [-0.15, -0.1) is 0 Å². The zero-order valence-corrected chi connectivity index (χ0v) is 11.5. The highest BCUT2D eigenvalue weighted by molar-refractivity contribution is 6.55. The van der Waals surface area contributed by atoms with Crippen molar-refractivity contribution in [2.75, 3.05) is 11.4 Å². The number of amides is 1. The molecule has 0 N–H and O–H groups in total. The van der Waals surface area contributed by atoms with Gasteiger partial charge in [0.2, 0.25) is 0 Å². The SMILES string of the molecule is CC(C)(C)CCN1C(=O)C(=O)c2c(Cl)cccc21. The average molecular weight is 266 g/mol. The third-order valence-corrected chi connectivity index (χ3v) is 3.35. The van der Waals surface area contributed by atoms with Crippen LogP contribution >= 0.6 is 11.6 Å². The molecule has 0 spiro atoms. The second kappa shape index (κ2) is 4.39. The van der Waals surface area contributed by atoms with Crippen molar-refractivity contribution in [3.05, 3.63) is 28.8 Å². The van der Waals surface area contributed by atoms with Gasteiger partial charge in [0.05, 0.1) is 16.3 Å². The summed E-state index contributed by atoms with van der Waals surface area (Å²) in [6.07, 6.45) is 0.831. The molecular formula is C14H16ClNO2. The number of Topliss-reactive ketones (excluding diaryl/α,β-unsaturated/α-hetero) is 1. The predicted molar refractivity (Wildman–Crippen MR) is 72.2 cm³/mol. The molecule has 1 amide bonds. The normalized spacial score (nSPS) is 15.2. The summed E-state index contributed by atoms with van der Waals surface area (Å²) in [6, 6.07) is 5.17. The fourth-order valence-electron chi connectivity index (χ4n) is 1.97. The summed E-state index contributed by atoms with van der Waals surface area (Å²) in [5, 5.41) is 0.351. The van der Waals surface area contributed by atoms with Gasteiger partial charge in [-0.05, 0) is 24.0 Å². The first-order valence-electron chi connectivity index (χ1n) is 5.96. The van der Waals surface area contributed by atoms with E-state index in [0.717, 1.165) is 6.42 Å². The minimum atomic E-state index is -0.496. The highest BCUT2D eigenvalue weighted by Gasteiger charge is 2.37. The molecule has 0 aliphatic carbocycles. The Kier molecular flexibility index (Phi) is 3.20. The Morgan fingerprint density at radius 2 is 1.89 bits per heavy atom. The lowest BCUT2D eigenvalue weighted by molar-refractivity contribution is -0.114. The van der Waals surface area contributed by atoms with Gasteiger partial charge < -0.3 is 4.90 Å². The van der Waals surface area contributed by atoms with Crippen molar-refractivity contribution in [2.24, 2.45) is 5.41 Å². The van der Waals surface area contributed by atoms with Crippen molar-refractivity contribution in [3.63, 3.8) is 0 Å². The molecule has 18 heavy (non-hydrogen) atoms. The molecule has 4 heteroatoms. The van der Waals surface area contributed by atoms with Gasteiger partial charge >= 0.3 is 0 Å². The third kappa shape index (κ3) is 2.27. The molecule has 0 saturated heterocycles. The van der Waals surface area contributed by atoms with Crippen molar-refractivity contribution < 1.29 is 9.59 Å². The molecule has 0 aromatic heterocycles. The van der Waals surface area contributed by atoms with Gasteiger partial charge in [-0.25, -0.2) is 0 Å². The number of fused-ring (bicyclic) bond motifs is 1. The zero-order chi connectivity index (χ0) is 13.5. The zero-order valence-electron chi connectivity index (χ0n) is 10.8. The van der Waals surface area contributed by atoms with Crippen molar-refractivity contribution in [1.29, 1.82) is 0 Å². The van der Waals surface area contributed by atoms with E-state index in [1.54, 1.807) is 18.2 Å². The number of ketones is 1. The molecule has 2 rings (SSSR count). The van der Waals surface area contributed by atoms with Gasteiger partial charge in [-0.3, -0.25) is 9.59 Å². The Morgan fingerprint density at radius 1 is 1.22 bits per heavy atom. The number of carbonyl (C=O) groups is 2. The Morgan fingerprint density at radius 3 is 2.50 bits per heavy atom. The van der Waals surface area contributed by atoms with E-state index in [2.05, 4.69) is 20.8 Å². The van der Waals surface area contributed by atoms with Crippen LogP contribution in [-0.4, -0.2) is 18.2 Å². The van der Waals surface area contributed by atoms with Gasteiger partial charge in [0, 0.05) is 6.54 Å². The van der Waals surface area contributed by atoms with Crippen LogP contribution in [0.1, 0.15) is 37.6 Å². The van der Waals surface area contributed by atoms with Crippen molar-refractivity contribution in [3.8, 4) is 0 Å². The summed E-state index contributed by atoms with van der Waals surface area (Å²) in [6.45, 7) is 6.86. The number of hydrogen-bond acceptors (Lipinski definition) is 2. The molecule has 96 valence electrons. The maximum Gasteiger partial charge on any atom is 0.299 e. The van der Waals surface area contributed by atoms with E-state index in [-0.39, 0.29) is 5.41 Å². The largest absolute Gasteiger partial charge is 0.305 e. The van der Waals surface area contributed by atoms with Gasteiger partial charge in [0.25, 0.3) is 11.7 Å². The van der Waals surface area contributed by atoms with Gasteiger partial charge in [0.15, 0.2) is 0 Å². The number of carbonyl (C=O) groups excluding carboxylic acids is 2. The van der Waals surface area contributed by atoms with E-state index in [9.17, 15) is 9.59 Å². The Bertz CT molecular complexity index is 517. The van der Waals surface area contributed by atoms with E-state index >= 15 is 0 Å². The number of halogens is 1. The monoisotopic (exact) mass is 265 g/mol. The number of nitrogens with zero attached hydrogens (tertiary/aromatic N) is 1. The van der Waals surface area contributed by atoms with Crippen molar-refractivity contribution in [1.82, 2.24) is 0 Å². The Balaban J connectivity index is 2.32. The van der Waals surface area contributed by atoms with E-state index in [1.807, 2.05) is 0 Å². The second-order valence-corrected chi connectivity index (χ2v) is 6.14. The number of hydrogen-bond donors (Lipinski definition) is 0. The van der Waals surface area contributed by atoms with E-state index < -0.39 is 11.7 Å². The lowest BCUT2D eigenvalue weighted by Gasteiger charge is -2.23. The minimum Gasteiger partial charge on any atom is -0.305 e. The van der Waals surface area contributed by atoms with Crippen molar-refractivity contribution in [2.45, 2.75) is 27.2 Å². The molecule has 1 aromatic carbocycles. The molecule has 1 heterocycles. The first-order chi connectivity index (χ1) is 8.31. The smallest absolute Gasteiger partial charge is 0.299 e. The first-order valence-corrected chi connectivity index (χ1v) is 6.34. The van der Waals surface area contributed by atoms with Crippen LogP contribution in [0.2, 0.25) is 5.02 Å². The van der Waals surface area contributed by atoms with Crippen LogP contribution in [0.3, 0.4) is 0 Å². The molecule has 0 fully saturated rings. The van der Waals surface area contributed by atoms with Crippen LogP contribution < -0.4 is 4.90 Å². The number of anilines is 1. The van der Waals surface area contributed by atoms with Crippen LogP contribution in [0.5, 0.6) is 0 Å². The summed E-state index contributed by atoms with van der Waals surface area (Å²) < 4.78 is 0. The highest BCUT2D eigenvalue weighted by atomic mass is 35.5. The van der Waals surface area contributed by atoms with E-state index in [1.165, 1.54) is 4.90 Å². The second-order valence-electron chi connectivity index (χ2n) is 5.73. The number of rotatable bonds is 2. The number of benzene rings is 1. The molecule has 0 unspecified atom stereocenters. The molecule has 1 aliphatic rings. The van der Waals surface area contributed by atoms with Gasteiger partial charge in [-0.1, -0.05) is 38.4 Å². The van der Waals surface area contributed by atoms with Crippen LogP contribution in [0.4, 0.5) is 5.69 Å². The summed E-state index contributed by atoms with van der Waals surface area (Å²) in [5.74, 6) is -0.966. The van der Waals surface area contributed by atoms with Crippen LogP contribution in [0.15, 0.2) is 18.2 Å². The summed E-state index contributed by atoms with van der Waals surface area (Å²) >= 11 is 5.99. The molecule has 1 aliphatic heterocycles. The van der Waals surface area contributed by atoms with Gasteiger partial charge in [0.1, 0.15) is 0 Å². The molecule has 3 nitrogen and oxygen atoms in total. The minimum absolute atomic E-state index is 0.116. The molecule has 0 saturated carbocycles. The van der Waals surface area contributed by atoms with Crippen LogP contribution in [0.25, 0.3) is 0 Å². The molecular weight excluding hydrogens is 250 g/mol. The summed E-state index contributed by atoms with van der Waals surface area (Å²) in [7, 11) is 0. The summed E-state index contributed by atoms with van der Waals surface area (Å²) in [4.78, 5) is 25.4. The highest BCUT2D eigenvalue weighted by Crippen LogP contribution is 2.35. The molecule has 0 bridgehead atoms. The summed E-state index contributed by atoms with van der Waals surface area (Å²) in [5.41, 5.74) is 1.10. The molecule has 0 atom stereocenters. The lowest BCUT2D eigenvalue weighted by atomic mass is 9.92. The van der Waals surface area contributed by atoms with E-state index in [4.69, 9.17) is 11.6 Å². The Hall–Kier alpha value is -1.35. The predicted octanol–water partition coefficient (Wildman–Crippen LogP) is 3.31. The fourth-order valence-corrected chi connectivity index (χ4v) is 2.23. The first kappa shape index (κ1) is 13.1. The van der Waals surface area contributed by atoms with Crippen molar-refractivity contribution >= 4 is 29.0 Å².